The predicted octanol–water partition coefficient (Wildman–Crippen LogP) is 3.35. The number of sulfonamides is 1. The fourth-order valence-corrected chi connectivity index (χ4v) is 4.95. The topological polar surface area (TPSA) is 86.8 Å². The molecule has 3 aromatic rings. The molecular weight excluding hydrogens is 450 g/mol. The Hall–Kier alpha value is -3.65. The van der Waals surface area contributed by atoms with E-state index in [1.807, 2.05) is 37.3 Å². The SMILES string of the molecule is CNC(=O)C(C)N(Cc1ccccc1)C(=O)CN(c1ccccc1)S(=O)(=O)c1ccc(C)cc1. The second-order valence-electron chi connectivity index (χ2n) is 7.96. The molecule has 3 aromatic carbocycles. The molecule has 2 amide bonds. The van der Waals surface area contributed by atoms with Crippen LogP contribution in [0.25, 0.3) is 0 Å². The second kappa shape index (κ2) is 11.0. The average Bonchev–Trinajstić information content (AvgIpc) is 2.86. The summed E-state index contributed by atoms with van der Waals surface area (Å²) in [4.78, 5) is 27.5. The Morgan fingerprint density at radius 3 is 2.00 bits per heavy atom. The second-order valence-corrected chi connectivity index (χ2v) is 9.82. The first-order chi connectivity index (χ1) is 16.2. The zero-order valence-corrected chi connectivity index (χ0v) is 20.3. The van der Waals surface area contributed by atoms with E-state index >= 15 is 0 Å². The van der Waals surface area contributed by atoms with Crippen LogP contribution in [0.15, 0.2) is 89.8 Å². The number of amides is 2. The molecule has 0 saturated heterocycles. The van der Waals surface area contributed by atoms with Crippen LogP contribution in [0.1, 0.15) is 18.1 Å². The first-order valence-electron chi connectivity index (χ1n) is 10.9. The minimum Gasteiger partial charge on any atom is -0.357 e. The van der Waals surface area contributed by atoms with Crippen LogP contribution < -0.4 is 9.62 Å². The minimum atomic E-state index is -4.04. The average molecular weight is 480 g/mol. The number of aryl methyl sites for hydroxylation is 1. The lowest BCUT2D eigenvalue weighted by Gasteiger charge is -2.31. The first-order valence-corrected chi connectivity index (χ1v) is 12.4. The van der Waals surface area contributed by atoms with E-state index in [1.165, 1.54) is 24.1 Å². The van der Waals surface area contributed by atoms with Crippen LogP contribution >= 0.6 is 0 Å². The molecule has 0 aliphatic rings. The lowest BCUT2D eigenvalue weighted by Crippen LogP contribution is -2.50. The van der Waals surface area contributed by atoms with Crippen molar-refractivity contribution < 1.29 is 18.0 Å². The minimum absolute atomic E-state index is 0.0868. The van der Waals surface area contributed by atoms with Gasteiger partial charge in [-0.25, -0.2) is 8.42 Å². The summed E-state index contributed by atoms with van der Waals surface area (Å²) < 4.78 is 28.3. The number of nitrogens with zero attached hydrogens (tertiary/aromatic N) is 2. The molecule has 1 N–H and O–H groups in total. The molecule has 1 atom stereocenters. The fourth-order valence-electron chi connectivity index (χ4n) is 3.53. The summed E-state index contributed by atoms with van der Waals surface area (Å²) in [6.07, 6.45) is 0. The zero-order valence-electron chi connectivity index (χ0n) is 19.5. The van der Waals surface area contributed by atoms with Gasteiger partial charge < -0.3 is 10.2 Å². The Kier molecular flexibility index (Phi) is 8.07. The molecule has 0 spiro atoms. The molecule has 0 radical (unpaired) electrons. The van der Waals surface area contributed by atoms with E-state index in [0.29, 0.717) is 5.69 Å². The van der Waals surface area contributed by atoms with E-state index in [1.54, 1.807) is 49.4 Å². The molecule has 3 rings (SSSR count). The molecule has 0 fully saturated rings. The van der Waals surface area contributed by atoms with Crippen molar-refractivity contribution in [2.75, 3.05) is 17.9 Å². The maximum atomic E-state index is 13.6. The highest BCUT2D eigenvalue weighted by atomic mass is 32.2. The maximum Gasteiger partial charge on any atom is 0.264 e. The third kappa shape index (κ3) is 5.82. The number of anilines is 1. The summed E-state index contributed by atoms with van der Waals surface area (Å²) >= 11 is 0. The van der Waals surface area contributed by atoms with Crippen molar-refractivity contribution in [1.29, 1.82) is 0 Å². The van der Waals surface area contributed by atoms with Crippen molar-refractivity contribution in [3.63, 3.8) is 0 Å². The van der Waals surface area contributed by atoms with Crippen LogP contribution in [-0.4, -0.2) is 44.8 Å². The smallest absolute Gasteiger partial charge is 0.264 e. The molecule has 8 heteroatoms. The Bertz CT molecular complexity index is 1210. The van der Waals surface area contributed by atoms with Gasteiger partial charge in [0, 0.05) is 13.6 Å². The number of carbonyl (C=O) groups is 2. The Morgan fingerprint density at radius 1 is 0.882 bits per heavy atom. The normalized spacial score (nSPS) is 12.0. The molecule has 1 unspecified atom stereocenters. The van der Waals surface area contributed by atoms with E-state index in [9.17, 15) is 18.0 Å². The van der Waals surface area contributed by atoms with E-state index in [0.717, 1.165) is 15.4 Å². The highest BCUT2D eigenvalue weighted by Gasteiger charge is 2.32. The lowest BCUT2D eigenvalue weighted by molar-refractivity contribution is -0.139. The van der Waals surface area contributed by atoms with E-state index in [4.69, 9.17) is 0 Å². The quantitative estimate of drug-likeness (QED) is 0.510. The van der Waals surface area contributed by atoms with E-state index in [2.05, 4.69) is 5.32 Å². The number of hydrogen-bond acceptors (Lipinski definition) is 4. The fraction of sp³-hybridized carbons (Fsp3) is 0.231. The summed E-state index contributed by atoms with van der Waals surface area (Å²) in [6, 6.07) is 23.5. The van der Waals surface area contributed by atoms with Gasteiger partial charge in [-0.1, -0.05) is 66.2 Å². The number of hydrogen-bond donors (Lipinski definition) is 1. The van der Waals surface area contributed by atoms with Crippen molar-refractivity contribution in [2.24, 2.45) is 0 Å². The lowest BCUT2D eigenvalue weighted by atomic mass is 10.1. The van der Waals surface area contributed by atoms with Gasteiger partial charge in [-0.05, 0) is 43.7 Å². The molecule has 7 nitrogen and oxygen atoms in total. The molecule has 0 bridgehead atoms. The van der Waals surface area contributed by atoms with Gasteiger partial charge in [-0.3, -0.25) is 13.9 Å². The summed E-state index contributed by atoms with van der Waals surface area (Å²) in [6.45, 7) is 3.22. The number of para-hydroxylation sites is 1. The summed E-state index contributed by atoms with van der Waals surface area (Å²) in [5, 5.41) is 2.57. The standard InChI is InChI=1S/C26H29N3O4S/c1-20-14-16-24(17-15-20)34(32,33)29(23-12-8-5-9-13-23)19-25(30)28(21(2)26(31)27-3)18-22-10-6-4-7-11-22/h4-17,21H,18-19H2,1-3H3,(H,27,31). The Balaban J connectivity index is 1.99. The van der Waals surface area contributed by atoms with Crippen LogP contribution in [0.2, 0.25) is 0 Å². The first kappa shape index (κ1) is 25.0. The van der Waals surface area contributed by atoms with Crippen LogP contribution in [0.3, 0.4) is 0 Å². The van der Waals surface area contributed by atoms with Crippen molar-refractivity contribution in [3.05, 3.63) is 96.1 Å². The Morgan fingerprint density at radius 2 is 1.44 bits per heavy atom. The number of likely N-dealkylation sites (N-methyl/N-ethyl adjacent to an activating group) is 1. The summed E-state index contributed by atoms with van der Waals surface area (Å²) in [7, 11) is -2.54. The third-order valence-corrected chi connectivity index (χ3v) is 7.33. The van der Waals surface area contributed by atoms with Gasteiger partial charge in [-0.15, -0.1) is 0 Å². The van der Waals surface area contributed by atoms with Gasteiger partial charge in [-0.2, -0.15) is 0 Å². The monoisotopic (exact) mass is 479 g/mol. The molecule has 178 valence electrons. The molecule has 0 heterocycles. The molecule has 0 saturated carbocycles. The molecular formula is C26H29N3O4S. The number of nitrogens with one attached hydrogen (secondary N) is 1. The largest absolute Gasteiger partial charge is 0.357 e. The maximum absolute atomic E-state index is 13.6. The Labute approximate surface area is 201 Å². The van der Waals surface area contributed by atoms with Crippen LogP contribution in [0.4, 0.5) is 5.69 Å². The van der Waals surface area contributed by atoms with Gasteiger partial charge >= 0.3 is 0 Å². The highest BCUT2D eigenvalue weighted by Crippen LogP contribution is 2.24. The van der Waals surface area contributed by atoms with Crippen molar-refractivity contribution in [2.45, 2.75) is 31.3 Å². The van der Waals surface area contributed by atoms with E-state index in [-0.39, 0.29) is 17.3 Å². The molecule has 0 aromatic heterocycles. The number of benzene rings is 3. The summed E-state index contributed by atoms with van der Waals surface area (Å²) in [5.74, 6) is -0.823. The third-order valence-electron chi connectivity index (χ3n) is 5.54. The molecule has 0 aliphatic heterocycles. The van der Waals surface area contributed by atoms with Crippen molar-refractivity contribution in [1.82, 2.24) is 10.2 Å². The van der Waals surface area contributed by atoms with Gasteiger partial charge in [0.1, 0.15) is 12.6 Å². The zero-order chi connectivity index (χ0) is 24.7. The van der Waals surface area contributed by atoms with Crippen LogP contribution in [-0.2, 0) is 26.2 Å². The number of rotatable bonds is 9. The molecule has 34 heavy (non-hydrogen) atoms. The van der Waals surface area contributed by atoms with E-state index < -0.39 is 28.5 Å². The van der Waals surface area contributed by atoms with Crippen LogP contribution in [0.5, 0.6) is 0 Å². The van der Waals surface area contributed by atoms with Gasteiger partial charge in [0.2, 0.25) is 11.8 Å². The molecule has 0 aliphatic carbocycles. The summed E-state index contributed by atoms with van der Waals surface area (Å²) in [5.41, 5.74) is 2.12. The highest BCUT2D eigenvalue weighted by molar-refractivity contribution is 7.92. The number of carbonyl (C=O) groups excluding carboxylic acids is 2. The van der Waals surface area contributed by atoms with Gasteiger partial charge in [0.05, 0.1) is 10.6 Å². The van der Waals surface area contributed by atoms with Crippen LogP contribution in [0, 0.1) is 6.92 Å². The predicted molar refractivity (Wildman–Crippen MR) is 133 cm³/mol. The van der Waals surface area contributed by atoms with Gasteiger partial charge in [0.25, 0.3) is 10.0 Å². The van der Waals surface area contributed by atoms with Gasteiger partial charge in [0.15, 0.2) is 0 Å². The van der Waals surface area contributed by atoms with Crippen molar-refractivity contribution in [3.8, 4) is 0 Å². The van der Waals surface area contributed by atoms with Crippen molar-refractivity contribution >= 4 is 27.5 Å².